The van der Waals surface area contributed by atoms with Crippen LogP contribution in [0.5, 0.6) is 0 Å². The van der Waals surface area contributed by atoms with E-state index in [1.807, 2.05) is 4.90 Å². The van der Waals surface area contributed by atoms with Crippen molar-refractivity contribution >= 4 is 18.3 Å². The molecule has 4 rings (SSSR count). The Morgan fingerprint density at radius 1 is 1.08 bits per heavy atom. The van der Waals surface area contributed by atoms with Gasteiger partial charge in [0.05, 0.1) is 25.3 Å². The monoisotopic (exact) mass is 515 g/mol. The summed E-state index contributed by atoms with van der Waals surface area (Å²) in [6.45, 7) is 1.55. The van der Waals surface area contributed by atoms with Gasteiger partial charge in [0.25, 0.3) is 0 Å². The molecule has 0 radical (unpaired) electrons. The lowest BCUT2D eigenvalue weighted by molar-refractivity contribution is -0.155. The van der Waals surface area contributed by atoms with Crippen molar-refractivity contribution in [2.24, 2.45) is 0 Å². The number of alkyl halides is 4. The van der Waals surface area contributed by atoms with Crippen LogP contribution in [0.3, 0.4) is 0 Å². The molecule has 196 valence electrons. The van der Waals surface area contributed by atoms with Crippen LogP contribution in [0, 0.1) is 11.6 Å². The normalized spacial score (nSPS) is 21.2. The van der Waals surface area contributed by atoms with Crippen LogP contribution in [0.25, 0.3) is 0 Å². The van der Waals surface area contributed by atoms with Crippen LogP contribution in [0.15, 0.2) is 30.3 Å². The number of rotatable bonds is 8. The zero-order valence-electron chi connectivity index (χ0n) is 19.7. The summed E-state index contributed by atoms with van der Waals surface area (Å²) in [7, 11) is -1.78. The van der Waals surface area contributed by atoms with Gasteiger partial charge in [-0.25, -0.2) is 8.78 Å². The smallest absolute Gasteiger partial charge is 0.423 e. The summed E-state index contributed by atoms with van der Waals surface area (Å²) in [6, 6.07) is 4.19. The van der Waals surface area contributed by atoms with Crippen LogP contribution in [-0.4, -0.2) is 78.1 Å². The maximum absolute atomic E-state index is 15.4. The molecule has 0 bridgehead atoms. The molecule has 12 heteroatoms. The highest BCUT2D eigenvalue weighted by atomic mass is 19.4. The van der Waals surface area contributed by atoms with Crippen LogP contribution in [-0.2, 0) is 6.42 Å². The van der Waals surface area contributed by atoms with Gasteiger partial charge in [-0.2, -0.15) is 13.2 Å². The molecule has 2 heterocycles. The van der Waals surface area contributed by atoms with Crippen LogP contribution >= 0.6 is 0 Å². The lowest BCUT2D eigenvalue weighted by Crippen LogP contribution is -2.54. The molecule has 2 aromatic rings. The van der Waals surface area contributed by atoms with Gasteiger partial charge in [-0.3, -0.25) is 14.2 Å². The molecule has 3 N–H and O–H groups in total. The van der Waals surface area contributed by atoms with Crippen LogP contribution in [0.4, 0.5) is 32.0 Å². The third-order valence-electron chi connectivity index (χ3n) is 6.82. The summed E-state index contributed by atoms with van der Waals surface area (Å²) in [5, 5.41) is 22.0. The van der Waals surface area contributed by atoms with Gasteiger partial charge in [-0.05, 0) is 48.5 Å². The Labute approximate surface area is 205 Å². The molecule has 0 aliphatic carbocycles. The van der Waals surface area contributed by atoms with E-state index in [0.29, 0.717) is 31.6 Å². The van der Waals surface area contributed by atoms with Crippen LogP contribution in [0.2, 0.25) is 0 Å². The zero-order chi connectivity index (χ0) is 26.2. The minimum atomic E-state index is -4.60. The second-order valence-electron chi connectivity index (χ2n) is 9.57. The first-order valence-electron chi connectivity index (χ1n) is 11.8. The fourth-order valence-electron chi connectivity index (χ4n) is 5.17. The minimum absolute atomic E-state index is 0.0743. The van der Waals surface area contributed by atoms with Crippen molar-refractivity contribution in [1.29, 1.82) is 0 Å². The minimum Gasteiger partial charge on any atom is -0.423 e. The molecule has 2 aliphatic heterocycles. The highest BCUT2D eigenvalue weighted by Crippen LogP contribution is 2.42. The summed E-state index contributed by atoms with van der Waals surface area (Å²) < 4.78 is 83.6. The zero-order valence-corrected chi connectivity index (χ0v) is 19.7. The van der Waals surface area contributed by atoms with E-state index in [2.05, 4.69) is 5.32 Å². The van der Waals surface area contributed by atoms with E-state index < -0.39 is 55.8 Å². The summed E-state index contributed by atoms with van der Waals surface area (Å²) >= 11 is 0. The predicted molar refractivity (Wildman–Crippen MR) is 125 cm³/mol. The lowest BCUT2D eigenvalue weighted by atomic mass is 9.75. The van der Waals surface area contributed by atoms with Gasteiger partial charge in [0.1, 0.15) is 11.6 Å². The maximum Gasteiger partial charge on any atom is 0.488 e. The lowest BCUT2D eigenvalue weighted by Gasteiger charge is -2.43. The topological polar surface area (TPSA) is 59.0 Å². The van der Waals surface area contributed by atoms with Crippen molar-refractivity contribution < 1.29 is 36.4 Å². The molecule has 0 saturated carbocycles. The molecule has 2 aliphatic rings. The van der Waals surface area contributed by atoms with Gasteiger partial charge < -0.3 is 15.4 Å². The number of hydrogen-bond acceptors (Lipinski definition) is 5. The number of nitrogens with one attached hydrogen (secondary N) is 1. The molecule has 1 saturated heterocycles. The Kier molecular flexibility index (Phi) is 7.89. The van der Waals surface area contributed by atoms with Gasteiger partial charge in [-0.15, -0.1) is 0 Å². The Bertz CT molecular complexity index is 1060. The molecule has 5 nitrogen and oxygen atoms in total. The van der Waals surface area contributed by atoms with E-state index in [1.165, 1.54) is 18.2 Å². The third-order valence-corrected chi connectivity index (χ3v) is 6.82. The highest BCUT2D eigenvalue weighted by Gasteiger charge is 2.42. The highest BCUT2D eigenvalue weighted by molar-refractivity contribution is 6.58. The second kappa shape index (κ2) is 10.6. The van der Waals surface area contributed by atoms with Crippen molar-refractivity contribution in [3.8, 4) is 0 Å². The fraction of sp³-hybridized carbons (Fsp3) is 0.500. The molecule has 2 aromatic carbocycles. The third kappa shape index (κ3) is 5.82. The molecule has 0 unspecified atom stereocenters. The van der Waals surface area contributed by atoms with Gasteiger partial charge in [0.2, 0.25) is 0 Å². The molecule has 0 spiro atoms. The van der Waals surface area contributed by atoms with Gasteiger partial charge in [0, 0.05) is 36.9 Å². The number of benzene rings is 2. The Morgan fingerprint density at radius 2 is 1.75 bits per heavy atom. The van der Waals surface area contributed by atoms with Crippen molar-refractivity contribution in [3.63, 3.8) is 0 Å². The first-order chi connectivity index (χ1) is 17.0. The molecule has 2 atom stereocenters. The standard InChI is InChI=1S/C24H28BF6N3O2/c1-14-7-15-8-16(25(35)36)3-4-19(15)23(34(14)13-24(29,30)31)22-20(27)9-17(10-21(22)28)32-18-11-33(12-18)6-2-5-26/h3-4,8-10,14,18,23,32,35-36H,2,5-7,11-13H2,1H3/t14-,23+/m1/s1. The number of likely N-dealkylation sites (tertiary alicyclic amines) is 1. The SMILES string of the molecule is C[C@@H]1Cc2cc(B(O)O)ccc2[C@@H](c2c(F)cc(NC3CN(CCCF)C3)cc2F)N1CC(F)(F)F. The van der Waals surface area contributed by atoms with Crippen molar-refractivity contribution in [3.05, 3.63) is 58.7 Å². The van der Waals surface area contributed by atoms with Crippen LogP contribution < -0.4 is 10.8 Å². The molecule has 0 aromatic heterocycles. The predicted octanol–water partition coefficient (Wildman–Crippen LogP) is 3.00. The van der Waals surface area contributed by atoms with Crippen molar-refractivity contribution in [2.75, 3.05) is 38.2 Å². The fourth-order valence-corrected chi connectivity index (χ4v) is 5.17. The van der Waals surface area contributed by atoms with E-state index in [9.17, 15) is 27.6 Å². The Hall–Kier alpha value is -2.28. The number of halogens is 6. The molecule has 1 fully saturated rings. The van der Waals surface area contributed by atoms with Crippen molar-refractivity contribution in [2.45, 2.75) is 44.1 Å². The molecular weight excluding hydrogens is 487 g/mol. The first kappa shape index (κ1) is 26.8. The van der Waals surface area contributed by atoms with Gasteiger partial charge >= 0.3 is 13.3 Å². The van der Waals surface area contributed by atoms with Gasteiger partial charge in [-0.1, -0.05) is 18.2 Å². The number of fused-ring (bicyclic) bond motifs is 1. The summed E-state index contributed by atoms with van der Waals surface area (Å²) in [4.78, 5) is 3.03. The average molecular weight is 515 g/mol. The Balaban J connectivity index is 1.66. The molecular formula is C24H28BF6N3O2. The molecule has 36 heavy (non-hydrogen) atoms. The van der Waals surface area contributed by atoms with E-state index in [-0.39, 0.29) is 29.2 Å². The van der Waals surface area contributed by atoms with Crippen LogP contribution in [0.1, 0.15) is 36.1 Å². The number of nitrogens with zero attached hydrogens (tertiary/aromatic N) is 2. The van der Waals surface area contributed by atoms with E-state index in [4.69, 9.17) is 0 Å². The first-order valence-corrected chi connectivity index (χ1v) is 11.8. The number of hydrogen-bond donors (Lipinski definition) is 3. The number of anilines is 1. The largest absolute Gasteiger partial charge is 0.488 e. The van der Waals surface area contributed by atoms with Crippen molar-refractivity contribution in [1.82, 2.24) is 9.80 Å². The maximum atomic E-state index is 15.4. The Morgan fingerprint density at radius 3 is 2.33 bits per heavy atom. The quantitative estimate of drug-likeness (QED) is 0.373. The summed E-state index contributed by atoms with van der Waals surface area (Å²) in [5.74, 6) is -1.95. The van der Waals surface area contributed by atoms with E-state index in [1.54, 1.807) is 6.92 Å². The van der Waals surface area contributed by atoms with E-state index in [0.717, 1.165) is 17.0 Å². The molecule has 0 amide bonds. The van der Waals surface area contributed by atoms with E-state index >= 15 is 8.78 Å². The average Bonchev–Trinajstić information content (AvgIpc) is 2.75. The van der Waals surface area contributed by atoms with Gasteiger partial charge in [0.15, 0.2) is 0 Å². The second-order valence-corrected chi connectivity index (χ2v) is 9.57. The summed E-state index contributed by atoms with van der Waals surface area (Å²) in [5.41, 5.74) is 0.607. The summed E-state index contributed by atoms with van der Waals surface area (Å²) in [6.07, 6.45) is -4.04.